The molecule has 9 heteroatoms. The lowest BCUT2D eigenvalue weighted by molar-refractivity contribution is -0.116. The maximum atomic E-state index is 12.6. The zero-order valence-electron chi connectivity index (χ0n) is 17.4. The predicted molar refractivity (Wildman–Crippen MR) is 122 cm³/mol. The minimum atomic E-state index is -0.226. The third-order valence-corrected chi connectivity index (χ3v) is 5.45. The van der Waals surface area contributed by atoms with Crippen molar-refractivity contribution in [1.29, 1.82) is 0 Å². The van der Waals surface area contributed by atoms with E-state index in [2.05, 4.69) is 20.6 Å². The molecule has 2 aromatic heterocycles. The number of aromatic nitrogens is 4. The van der Waals surface area contributed by atoms with Crippen LogP contribution in [0, 0.1) is 13.8 Å². The highest BCUT2D eigenvalue weighted by Gasteiger charge is 2.23. The van der Waals surface area contributed by atoms with Crippen LogP contribution >= 0.6 is 11.8 Å². The number of carbonyl (C=O) groups excluding carboxylic acids is 1. The second-order valence-electron chi connectivity index (χ2n) is 7.08. The number of benzene rings is 2. The first kappa shape index (κ1) is 20.7. The number of hydrogen-bond donors (Lipinski definition) is 2. The van der Waals surface area contributed by atoms with Gasteiger partial charge in [-0.3, -0.25) is 4.79 Å². The normalized spacial score (nSPS) is 10.9. The number of hydrogen-bond acceptors (Lipinski definition) is 7. The van der Waals surface area contributed by atoms with Crippen LogP contribution in [0.4, 0.5) is 11.5 Å². The molecule has 0 aliphatic carbocycles. The maximum Gasteiger partial charge on any atom is 0.264 e. The molecule has 4 aromatic rings. The first-order valence-electron chi connectivity index (χ1n) is 9.63. The summed E-state index contributed by atoms with van der Waals surface area (Å²) in [6.45, 7) is 3.93. The van der Waals surface area contributed by atoms with E-state index < -0.39 is 0 Å². The number of thioether (sulfide) groups is 1. The van der Waals surface area contributed by atoms with Crippen molar-refractivity contribution in [2.75, 3.05) is 17.3 Å². The van der Waals surface area contributed by atoms with Gasteiger partial charge in [0, 0.05) is 11.3 Å². The van der Waals surface area contributed by atoms with E-state index in [0.29, 0.717) is 22.2 Å². The number of nitrogens with zero attached hydrogens (tertiary/aromatic N) is 4. The number of carbonyl (C=O) groups is 1. The van der Waals surface area contributed by atoms with Gasteiger partial charge in [-0.2, -0.15) is 10.1 Å². The van der Waals surface area contributed by atoms with Crippen molar-refractivity contribution in [3.05, 3.63) is 59.7 Å². The van der Waals surface area contributed by atoms with Crippen LogP contribution in [0.3, 0.4) is 0 Å². The summed E-state index contributed by atoms with van der Waals surface area (Å²) >= 11 is 1.39. The Bertz CT molecular complexity index is 1230. The molecule has 0 fully saturated rings. The number of aryl methyl sites for hydroxylation is 2. The number of nitrogens with two attached hydrogens (primary N) is 1. The molecule has 0 saturated carbocycles. The summed E-state index contributed by atoms with van der Waals surface area (Å²) in [5.74, 6) is 0.795. The van der Waals surface area contributed by atoms with Gasteiger partial charge < -0.3 is 15.6 Å². The Morgan fingerprint density at radius 2 is 1.97 bits per heavy atom. The summed E-state index contributed by atoms with van der Waals surface area (Å²) in [7, 11) is 0. The molecule has 3 N–H and O–H groups in total. The molecule has 0 saturated heterocycles. The van der Waals surface area contributed by atoms with Crippen molar-refractivity contribution < 1.29 is 9.32 Å². The van der Waals surface area contributed by atoms with Gasteiger partial charge in [-0.1, -0.05) is 53.2 Å². The van der Waals surface area contributed by atoms with E-state index in [0.717, 1.165) is 22.4 Å². The maximum absolute atomic E-state index is 12.6. The summed E-state index contributed by atoms with van der Waals surface area (Å²) < 4.78 is 6.91. The zero-order valence-corrected chi connectivity index (χ0v) is 18.2. The number of rotatable bonds is 6. The molecule has 0 unspecified atom stereocenters. The van der Waals surface area contributed by atoms with Crippen LogP contribution in [0.2, 0.25) is 0 Å². The van der Waals surface area contributed by atoms with Crippen molar-refractivity contribution >= 4 is 29.2 Å². The molecule has 158 valence electrons. The molecule has 0 radical (unpaired) electrons. The van der Waals surface area contributed by atoms with Crippen molar-refractivity contribution in [3.63, 3.8) is 0 Å². The molecular formula is C22H22N6O2S. The van der Waals surface area contributed by atoms with Crippen LogP contribution in [-0.4, -0.2) is 32.1 Å². The molecular weight excluding hydrogens is 412 g/mol. The van der Waals surface area contributed by atoms with Crippen molar-refractivity contribution in [2.24, 2.45) is 0 Å². The molecule has 0 aliphatic rings. The third-order valence-electron chi connectivity index (χ3n) is 4.77. The highest BCUT2D eigenvalue weighted by atomic mass is 32.2. The number of amides is 1. The van der Waals surface area contributed by atoms with Crippen LogP contribution in [0.15, 0.2) is 58.1 Å². The quantitative estimate of drug-likeness (QED) is 0.438. The smallest absolute Gasteiger partial charge is 0.264 e. The minimum Gasteiger partial charge on any atom is -0.383 e. The largest absolute Gasteiger partial charge is 0.383 e. The molecule has 0 bridgehead atoms. The van der Waals surface area contributed by atoms with Crippen LogP contribution in [0.25, 0.3) is 22.8 Å². The topological polar surface area (TPSA) is 112 Å². The van der Waals surface area contributed by atoms with Gasteiger partial charge in [0.2, 0.25) is 11.7 Å². The van der Waals surface area contributed by atoms with Crippen molar-refractivity contribution in [3.8, 4) is 22.8 Å². The van der Waals surface area contributed by atoms with E-state index in [1.54, 1.807) is 0 Å². The molecule has 8 nitrogen and oxygen atoms in total. The average molecular weight is 435 g/mol. The molecule has 2 aromatic carbocycles. The Labute approximate surface area is 183 Å². The Kier molecular flexibility index (Phi) is 5.77. The molecule has 1 amide bonds. The van der Waals surface area contributed by atoms with E-state index in [4.69, 9.17) is 10.3 Å². The lowest BCUT2D eigenvalue weighted by atomic mass is 10.1. The molecule has 4 rings (SSSR count). The summed E-state index contributed by atoms with van der Waals surface area (Å²) in [4.78, 5) is 17.1. The fourth-order valence-electron chi connectivity index (χ4n) is 3.23. The van der Waals surface area contributed by atoms with Gasteiger partial charge in [-0.25, -0.2) is 4.68 Å². The first-order valence-corrected chi connectivity index (χ1v) is 10.9. The minimum absolute atomic E-state index is 0.0353. The Morgan fingerprint density at radius 1 is 1.19 bits per heavy atom. The van der Waals surface area contributed by atoms with Gasteiger partial charge >= 0.3 is 0 Å². The monoisotopic (exact) mass is 434 g/mol. The number of nitrogens with one attached hydrogen (secondary N) is 1. The van der Waals surface area contributed by atoms with Crippen molar-refractivity contribution in [2.45, 2.75) is 25.4 Å². The van der Waals surface area contributed by atoms with Gasteiger partial charge in [0.1, 0.15) is 23.0 Å². The summed E-state index contributed by atoms with van der Waals surface area (Å²) in [6.07, 6.45) is 1.87. The van der Waals surface area contributed by atoms with Gasteiger partial charge in [0.25, 0.3) is 5.89 Å². The Hall–Kier alpha value is -3.59. The van der Waals surface area contributed by atoms with Gasteiger partial charge in [0.05, 0.1) is 0 Å². The third kappa shape index (κ3) is 4.31. The van der Waals surface area contributed by atoms with Crippen LogP contribution in [0.1, 0.15) is 11.1 Å². The van der Waals surface area contributed by atoms with Gasteiger partial charge in [-0.05, 0) is 31.7 Å². The fraction of sp³-hybridized carbons (Fsp3) is 0.182. The number of anilines is 2. The molecule has 0 atom stereocenters. The average Bonchev–Trinajstić information content (AvgIpc) is 3.35. The van der Waals surface area contributed by atoms with E-state index in [1.165, 1.54) is 16.4 Å². The van der Waals surface area contributed by atoms with Gasteiger partial charge in [-0.15, -0.1) is 11.8 Å². The van der Waals surface area contributed by atoms with E-state index >= 15 is 0 Å². The highest BCUT2D eigenvalue weighted by Crippen LogP contribution is 2.34. The van der Waals surface area contributed by atoms with E-state index in [1.807, 2.05) is 68.6 Å². The second kappa shape index (κ2) is 8.65. The van der Waals surface area contributed by atoms with Crippen molar-refractivity contribution in [1.82, 2.24) is 19.9 Å². The molecule has 31 heavy (non-hydrogen) atoms. The predicted octanol–water partition coefficient (Wildman–Crippen LogP) is 4.16. The second-order valence-corrected chi connectivity index (χ2v) is 7.88. The van der Waals surface area contributed by atoms with Crippen LogP contribution < -0.4 is 11.1 Å². The van der Waals surface area contributed by atoms with Crippen LogP contribution in [0.5, 0.6) is 0 Å². The van der Waals surface area contributed by atoms with Crippen LogP contribution in [-0.2, 0) is 11.3 Å². The Morgan fingerprint density at radius 3 is 2.68 bits per heavy atom. The highest BCUT2D eigenvalue weighted by molar-refractivity contribution is 7.98. The molecule has 2 heterocycles. The zero-order chi connectivity index (χ0) is 22.0. The standard InChI is InChI=1S/C22H22N6O2S/c1-13-9-10-16(14(2)11-13)24-17(29)12-28-19(23)18(22(26-28)31-3)21-25-20(27-30-21)15-7-5-4-6-8-15/h4-11H,12,23H2,1-3H3,(H,24,29). The molecule has 0 aliphatic heterocycles. The Balaban J connectivity index is 1.59. The van der Waals surface area contributed by atoms with E-state index in [-0.39, 0.29) is 18.3 Å². The summed E-state index contributed by atoms with van der Waals surface area (Å²) in [6, 6.07) is 15.4. The number of nitrogen functional groups attached to an aromatic ring is 1. The van der Waals surface area contributed by atoms with Gasteiger partial charge in [0.15, 0.2) is 0 Å². The summed E-state index contributed by atoms with van der Waals surface area (Å²) in [5, 5.41) is 12.0. The molecule has 0 spiro atoms. The van der Waals surface area contributed by atoms with E-state index in [9.17, 15) is 4.79 Å². The SMILES string of the molecule is CSc1nn(CC(=O)Nc2ccc(C)cc2C)c(N)c1-c1nc(-c2ccccc2)no1. The lowest BCUT2D eigenvalue weighted by Gasteiger charge is -2.10. The summed E-state index contributed by atoms with van der Waals surface area (Å²) in [5.41, 5.74) is 10.6. The first-order chi connectivity index (χ1) is 15.0. The lowest BCUT2D eigenvalue weighted by Crippen LogP contribution is -2.21. The fourth-order valence-corrected chi connectivity index (χ4v) is 3.80.